The van der Waals surface area contributed by atoms with Crippen LogP contribution in [-0.2, 0) is 6.54 Å². The molecule has 2 aromatic carbocycles. The third-order valence-corrected chi connectivity index (χ3v) is 5.96. The Balaban J connectivity index is 1.37. The summed E-state index contributed by atoms with van der Waals surface area (Å²) in [6, 6.07) is 22.0. The molecule has 0 fully saturated rings. The van der Waals surface area contributed by atoms with Crippen molar-refractivity contribution in [3.05, 3.63) is 108 Å². The number of rotatable bonds is 5. The Bertz CT molecular complexity index is 1360. The highest BCUT2D eigenvalue weighted by molar-refractivity contribution is 6.08. The van der Waals surface area contributed by atoms with Crippen LogP contribution < -0.4 is 15.5 Å². The Labute approximate surface area is 198 Å². The van der Waals surface area contributed by atoms with E-state index in [-0.39, 0.29) is 11.7 Å². The van der Waals surface area contributed by atoms with Crippen molar-refractivity contribution in [3.8, 4) is 0 Å². The first-order valence-corrected chi connectivity index (χ1v) is 11.1. The van der Waals surface area contributed by atoms with Gasteiger partial charge in [0.1, 0.15) is 11.9 Å². The van der Waals surface area contributed by atoms with Gasteiger partial charge in [-0.1, -0.05) is 18.2 Å². The summed E-state index contributed by atoms with van der Waals surface area (Å²) in [5, 5.41) is 6.33. The highest BCUT2D eigenvalue weighted by atomic mass is 16.1. The fourth-order valence-electron chi connectivity index (χ4n) is 4.26. The molecule has 2 aromatic heterocycles. The first kappa shape index (κ1) is 21.5. The summed E-state index contributed by atoms with van der Waals surface area (Å²) in [6.45, 7) is 0.712. The Hall–Kier alpha value is -4.39. The van der Waals surface area contributed by atoms with E-state index >= 15 is 0 Å². The zero-order valence-electron chi connectivity index (χ0n) is 19.0. The van der Waals surface area contributed by atoms with Crippen molar-refractivity contribution >= 4 is 28.9 Å². The maximum atomic E-state index is 13.5. The lowest BCUT2D eigenvalue weighted by atomic mass is 10.0. The van der Waals surface area contributed by atoms with E-state index in [1.54, 1.807) is 47.5 Å². The van der Waals surface area contributed by atoms with Crippen molar-refractivity contribution in [1.29, 1.82) is 0 Å². The number of ketones is 1. The number of aromatic nitrogens is 2. The molecule has 1 atom stereocenters. The molecule has 5 rings (SSSR count). The minimum Gasteiger partial charge on any atom is -0.370 e. The largest absolute Gasteiger partial charge is 0.370 e. The maximum absolute atomic E-state index is 13.5. The third-order valence-electron chi connectivity index (χ3n) is 5.96. The standard InChI is InChI=1S/C27H25N5O2/c1-31(2)26-21(8-5-15-28-26)27(34)29-20-13-11-18(12-14-20)25(33)24-23-10-6-16-32(23)17-19-7-3-4-9-22(19)30-24/h3-16,24,30H,17H2,1-2H3,(H,29,34). The average molecular weight is 452 g/mol. The zero-order valence-corrected chi connectivity index (χ0v) is 19.0. The number of fused-ring (bicyclic) bond motifs is 2. The van der Waals surface area contributed by atoms with Gasteiger partial charge >= 0.3 is 0 Å². The summed E-state index contributed by atoms with van der Waals surface area (Å²) in [7, 11) is 3.69. The average Bonchev–Trinajstić information content (AvgIpc) is 3.25. The van der Waals surface area contributed by atoms with Crippen molar-refractivity contribution in [2.24, 2.45) is 0 Å². The molecule has 0 saturated heterocycles. The number of amides is 1. The maximum Gasteiger partial charge on any atom is 0.259 e. The summed E-state index contributed by atoms with van der Waals surface area (Å²) >= 11 is 0. The Kier molecular flexibility index (Phi) is 5.59. The molecule has 0 saturated carbocycles. The SMILES string of the molecule is CN(C)c1ncccc1C(=O)Nc1ccc(C(=O)C2Nc3ccccc3Cn3cccc32)cc1. The van der Waals surface area contributed by atoms with Gasteiger partial charge in [0.25, 0.3) is 5.91 Å². The summed E-state index contributed by atoms with van der Waals surface area (Å²) in [6.07, 6.45) is 3.65. The third kappa shape index (κ3) is 4.03. The normalized spacial score (nSPS) is 14.2. The van der Waals surface area contributed by atoms with Gasteiger partial charge in [-0.2, -0.15) is 0 Å². The number of carbonyl (C=O) groups is 2. The molecule has 0 aliphatic carbocycles. The van der Waals surface area contributed by atoms with Crippen LogP contribution in [0.15, 0.2) is 85.2 Å². The second-order valence-corrected chi connectivity index (χ2v) is 8.46. The summed E-state index contributed by atoms with van der Waals surface area (Å²) in [5.74, 6) is 0.307. The molecule has 1 aliphatic rings. The molecule has 0 radical (unpaired) electrons. The predicted molar refractivity (Wildman–Crippen MR) is 134 cm³/mol. The quantitative estimate of drug-likeness (QED) is 0.434. The van der Waals surface area contributed by atoms with E-state index in [2.05, 4.69) is 26.3 Å². The van der Waals surface area contributed by atoms with Crippen molar-refractivity contribution in [2.45, 2.75) is 12.6 Å². The molecule has 7 heteroatoms. The first-order valence-electron chi connectivity index (χ1n) is 11.1. The van der Waals surface area contributed by atoms with Crippen LogP contribution in [0.1, 0.15) is 38.0 Å². The smallest absolute Gasteiger partial charge is 0.259 e. The molecular formula is C27H25N5O2. The van der Waals surface area contributed by atoms with Gasteiger partial charge in [-0.25, -0.2) is 4.98 Å². The van der Waals surface area contributed by atoms with Crippen LogP contribution in [-0.4, -0.2) is 35.3 Å². The van der Waals surface area contributed by atoms with Crippen LogP contribution in [0, 0.1) is 0 Å². The van der Waals surface area contributed by atoms with Gasteiger partial charge in [-0.05, 0) is 60.2 Å². The van der Waals surface area contributed by atoms with Crippen molar-refractivity contribution in [2.75, 3.05) is 29.6 Å². The summed E-state index contributed by atoms with van der Waals surface area (Å²) < 4.78 is 2.10. The highest BCUT2D eigenvalue weighted by Gasteiger charge is 2.28. The minimum atomic E-state index is -0.503. The fourth-order valence-corrected chi connectivity index (χ4v) is 4.26. The van der Waals surface area contributed by atoms with E-state index in [0.717, 1.165) is 16.9 Å². The lowest BCUT2D eigenvalue weighted by Crippen LogP contribution is -2.22. The van der Waals surface area contributed by atoms with Gasteiger partial charge in [0.15, 0.2) is 5.78 Å². The first-order chi connectivity index (χ1) is 16.5. The monoisotopic (exact) mass is 451 g/mol. The van der Waals surface area contributed by atoms with Crippen LogP contribution >= 0.6 is 0 Å². The predicted octanol–water partition coefficient (Wildman–Crippen LogP) is 4.60. The number of pyridine rings is 1. The van der Waals surface area contributed by atoms with E-state index < -0.39 is 6.04 Å². The van der Waals surface area contributed by atoms with Gasteiger partial charge < -0.3 is 20.1 Å². The van der Waals surface area contributed by atoms with Gasteiger partial charge in [-0.15, -0.1) is 0 Å². The number of nitrogens with one attached hydrogen (secondary N) is 2. The topological polar surface area (TPSA) is 79.3 Å². The highest BCUT2D eigenvalue weighted by Crippen LogP contribution is 2.31. The molecule has 34 heavy (non-hydrogen) atoms. The summed E-state index contributed by atoms with van der Waals surface area (Å²) in [4.78, 5) is 32.4. The van der Waals surface area contributed by atoms with Crippen LogP contribution in [0.4, 0.5) is 17.2 Å². The van der Waals surface area contributed by atoms with E-state index in [0.29, 0.717) is 29.2 Å². The van der Waals surface area contributed by atoms with E-state index in [4.69, 9.17) is 0 Å². The van der Waals surface area contributed by atoms with Crippen LogP contribution in [0.25, 0.3) is 0 Å². The van der Waals surface area contributed by atoms with E-state index in [1.807, 2.05) is 50.6 Å². The number of para-hydroxylation sites is 1. The lowest BCUT2D eigenvalue weighted by molar-refractivity contribution is 0.0966. The van der Waals surface area contributed by atoms with Gasteiger partial charge in [0, 0.05) is 55.7 Å². The fraction of sp³-hybridized carbons (Fsp3) is 0.148. The second-order valence-electron chi connectivity index (χ2n) is 8.46. The van der Waals surface area contributed by atoms with E-state index in [9.17, 15) is 9.59 Å². The molecule has 0 bridgehead atoms. The number of nitrogens with zero attached hydrogens (tertiary/aromatic N) is 3. The minimum absolute atomic E-state index is 0.0308. The Morgan fingerprint density at radius 2 is 1.79 bits per heavy atom. The molecule has 1 amide bonds. The number of hydrogen-bond acceptors (Lipinski definition) is 5. The molecule has 170 valence electrons. The number of benzene rings is 2. The van der Waals surface area contributed by atoms with Crippen molar-refractivity contribution in [1.82, 2.24) is 9.55 Å². The molecule has 4 aromatic rings. The van der Waals surface area contributed by atoms with Gasteiger partial charge in [0.05, 0.1) is 5.56 Å². The molecule has 3 heterocycles. The number of Topliss-reactive ketones (excluding diaryl/α,β-unsaturated/α-hetero) is 1. The molecule has 7 nitrogen and oxygen atoms in total. The van der Waals surface area contributed by atoms with Gasteiger partial charge in [0.2, 0.25) is 0 Å². The Morgan fingerprint density at radius 3 is 2.59 bits per heavy atom. The van der Waals surface area contributed by atoms with Crippen molar-refractivity contribution in [3.63, 3.8) is 0 Å². The molecular weight excluding hydrogens is 426 g/mol. The van der Waals surface area contributed by atoms with Crippen LogP contribution in [0.5, 0.6) is 0 Å². The van der Waals surface area contributed by atoms with Crippen molar-refractivity contribution < 1.29 is 9.59 Å². The molecule has 1 aliphatic heterocycles. The Morgan fingerprint density at radius 1 is 1.00 bits per heavy atom. The van der Waals surface area contributed by atoms with Gasteiger partial charge in [-0.3, -0.25) is 9.59 Å². The number of hydrogen-bond donors (Lipinski definition) is 2. The molecule has 0 spiro atoms. The second kappa shape index (κ2) is 8.86. The molecule has 2 N–H and O–H groups in total. The summed E-state index contributed by atoms with van der Waals surface area (Å²) in [5.41, 5.74) is 4.68. The number of carbonyl (C=O) groups excluding carboxylic acids is 2. The lowest BCUT2D eigenvalue weighted by Gasteiger charge is -2.18. The van der Waals surface area contributed by atoms with Crippen LogP contribution in [0.3, 0.4) is 0 Å². The number of anilines is 3. The van der Waals surface area contributed by atoms with E-state index in [1.165, 1.54) is 0 Å². The zero-order chi connectivity index (χ0) is 23.7. The molecule has 1 unspecified atom stereocenters. The van der Waals surface area contributed by atoms with Crippen LogP contribution in [0.2, 0.25) is 0 Å².